The quantitative estimate of drug-likeness (QED) is 0.601. The number of hydrogen-bond acceptors (Lipinski definition) is 6. The highest BCUT2D eigenvalue weighted by atomic mass is 35.5. The highest BCUT2D eigenvalue weighted by Crippen LogP contribution is 2.23. The molecule has 1 aromatic heterocycles. The van der Waals surface area contributed by atoms with E-state index in [0.29, 0.717) is 28.8 Å². The van der Waals surface area contributed by atoms with Crippen molar-refractivity contribution in [3.05, 3.63) is 41.4 Å². The predicted octanol–water partition coefficient (Wildman–Crippen LogP) is 3.60. The molecule has 1 atom stereocenters. The normalized spacial score (nSPS) is 16.2. The van der Waals surface area contributed by atoms with E-state index >= 15 is 0 Å². The summed E-state index contributed by atoms with van der Waals surface area (Å²) < 4.78 is 0. The molecule has 0 unspecified atom stereocenters. The molecule has 1 aliphatic rings. The number of rotatable bonds is 8. The number of piperidine rings is 1. The summed E-state index contributed by atoms with van der Waals surface area (Å²) in [5.41, 5.74) is 0.664. The SMILES string of the molecule is CCCNC(=O)[C@@H]1CCCN(c2ccc(SCC(=O)Nc3cccc(Cl)c3)nn2)C1. The summed E-state index contributed by atoms with van der Waals surface area (Å²) in [6.07, 6.45) is 2.78. The van der Waals surface area contributed by atoms with Gasteiger partial charge in [-0.3, -0.25) is 9.59 Å². The molecule has 0 radical (unpaired) electrons. The van der Waals surface area contributed by atoms with E-state index in [1.54, 1.807) is 24.3 Å². The molecule has 30 heavy (non-hydrogen) atoms. The smallest absolute Gasteiger partial charge is 0.234 e. The van der Waals surface area contributed by atoms with Gasteiger partial charge in [0.05, 0.1) is 11.7 Å². The van der Waals surface area contributed by atoms with E-state index < -0.39 is 0 Å². The molecule has 2 amide bonds. The molecule has 0 saturated carbocycles. The van der Waals surface area contributed by atoms with Crippen molar-refractivity contribution < 1.29 is 9.59 Å². The summed E-state index contributed by atoms with van der Waals surface area (Å²) in [6.45, 7) is 4.27. The minimum Gasteiger partial charge on any atom is -0.356 e. The average molecular weight is 448 g/mol. The third-order valence-corrected chi connectivity index (χ3v) is 5.91. The molecule has 1 fully saturated rings. The molecule has 0 bridgehead atoms. The Balaban J connectivity index is 1.49. The van der Waals surface area contributed by atoms with E-state index in [4.69, 9.17) is 11.6 Å². The summed E-state index contributed by atoms with van der Waals surface area (Å²) in [4.78, 5) is 26.5. The average Bonchev–Trinajstić information content (AvgIpc) is 2.76. The lowest BCUT2D eigenvalue weighted by atomic mass is 9.97. The van der Waals surface area contributed by atoms with Crippen LogP contribution in [0, 0.1) is 5.92 Å². The van der Waals surface area contributed by atoms with Gasteiger partial charge in [-0.2, -0.15) is 0 Å². The molecular formula is C21H26ClN5O2S. The first kappa shape index (κ1) is 22.4. The first-order chi connectivity index (χ1) is 14.5. The van der Waals surface area contributed by atoms with Crippen LogP contribution >= 0.6 is 23.4 Å². The molecule has 0 aliphatic carbocycles. The van der Waals surface area contributed by atoms with E-state index in [1.807, 2.05) is 19.1 Å². The van der Waals surface area contributed by atoms with Crippen molar-refractivity contribution in [2.24, 2.45) is 5.92 Å². The molecule has 9 heteroatoms. The van der Waals surface area contributed by atoms with Gasteiger partial charge in [-0.25, -0.2) is 0 Å². The van der Waals surface area contributed by atoms with Crippen molar-refractivity contribution in [3.63, 3.8) is 0 Å². The molecule has 1 aromatic carbocycles. The lowest BCUT2D eigenvalue weighted by molar-refractivity contribution is -0.125. The number of halogens is 1. The van der Waals surface area contributed by atoms with Gasteiger partial charge in [0.25, 0.3) is 0 Å². The molecule has 1 saturated heterocycles. The van der Waals surface area contributed by atoms with Crippen LogP contribution in [-0.4, -0.2) is 47.4 Å². The summed E-state index contributed by atoms with van der Waals surface area (Å²) in [5.74, 6) is 0.953. The fourth-order valence-electron chi connectivity index (χ4n) is 3.25. The van der Waals surface area contributed by atoms with Gasteiger partial charge in [0.1, 0.15) is 5.03 Å². The summed E-state index contributed by atoms with van der Waals surface area (Å²) in [7, 11) is 0. The Hall–Kier alpha value is -2.32. The maximum absolute atomic E-state index is 12.3. The van der Waals surface area contributed by atoms with Crippen LogP contribution in [-0.2, 0) is 9.59 Å². The number of aromatic nitrogens is 2. The van der Waals surface area contributed by atoms with Crippen LogP contribution < -0.4 is 15.5 Å². The van der Waals surface area contributed by atoms with E-state index in [-0.39, 0.29) is 23.5 Å². The number of nitrogens with one attached hydrogen (secondary N) is 2. The second-order valence-corrected chi connectivity index (χ2v) is 8.59. The highest BCUT2D eigenvalue weighted by Gasteiger charge is 2.26. The predicted molar refractivity (Wildman–Crippen MR) is 121 cm³/mol. The van der Waals surface area contributed by atoms with Gasteiger partial charge in [0.2, 0.25) is 11.8 Å². The molecule has 2 N–H and O–H groups in total. The van der Waals surface area contributed by atoms with E-state index in [2.05, 4.69) is 25.7 Å². The zero-order valence-electron chi connectivity index (χ0n) is 16.9. The number of amides is 2. The van der Waals surface area contributed by atoms with Crippen LogP contribution in [0.25, 0.3) is 0 Å². The van der Waals surface area contributed by atoms with Crippen LogP contribution in [0.1, 0.15) is 26.2 Å². The fraction of sp³-hybridized carbons (Fsp3) is 0.429. The lowest BCUT2D eigenvalue weighted by Gasteiger charge is -2.32. The van der Waals surface area contributed by atoms with Crippen LogP contribution in [0.2, 0.25) is 5.02 Å². The number of anilines is 2. The van der Waals surface area contributed by atoms with E-state index in [9.17, 15) is 9.59 Å². The summed E-state index contributed by atoms with van der Waals surface area (Å²) >= 11 is 7.25. The molecule has 2 heterocycles. The van der Waals surface area contributed by atoms with Crippen molar-refractivity contribution in [1.82, 2.24) is 15.5 Å². The zero-order chi connectivity index (χ0) is 21.3. The minimum atomic E-state index is -0.134. The van der Waals surface area contributed by atoms with Crippen molar-refractivity contribution in [1.29, 1.82) is 0 Å². The van der Waals surface area contributed by atoms with Crippen molar-refractivity contribution >= 4 is 46.7 Å². The molecular weight excluding hydrogens is 422 g/mol. The first-order valence-corrected chi connectivity index (χ1v) is 11.5. The molecule has 2 aromatic rings. The molecule has 1 aliphatic heterocycles. The Morgan fingerprint density at radius 1 is 1.27 bits per heavy atom. The molecule has 3 rings (SSSR count). The number of benzene rings is 1. The van der Waals surface area contributed by atoms with Crippen molar-refractivity contribution in [2.75, 3.05) is 35.6 Å². The van der Waals surface area contributed by atoms with E-state index in [0.717, 1.165) is 31.6 Å². The third-order valence-electron chi connectivity index (χ3n) is 4.75. The second-order valence-electron chi connectivity index (χ2n) is 7.15. The van der Waals surface area contributed by atoms with Gasteiger partial charge >= 0.3 is 0 Å². The van der Waals surface area contributed by atoms with Gasteiger partial charge < -0.3 is 15.5 Å². The number of thioether (sulfide) groups is 1. The standard InChI is InChI=1S/C21H26ClN5O2S/c1-2-10-23-21(29)15-5-4-11-27(13-15)18-8-9-20(26-25-18)30-14-19(28)24-17-7-3-6-16(22)12-17/h3,6-9,12,15H,2,4-5,10-11,13-14H2,1H3,(H,23,29)(H,24,28)/t15-/m1/s1. The van der Waals surface area contributed by atoms with Crippen molar-refractivity contribution in [3.8, 4) is 0 Å². The Morgan fingerprint density at radius 3 is 2.87 bits per heavy atom. The number of nitrogens with zero attached hydrogens (tertiary/aromatic N) is 3. The van der Waals surface area contributed by atoms with Gasteiger partial charge in [0, 0.05) is 30.3 Å². The number of hydrogen-bond donors (Lipinski definition) is 2. The van der Waals surface area contributed by atoms with E-state index in [1.165, 1.54) is 11.8 Å². The Bertz CT molecular complexity index is 865. The lowest BCUT2D eigenvalue weighted by Crippen LogP contribution is -2.43. The van der Waals surface area contributed by atoms with Gasteiger partial charge in [-0.1, -0.05) is 36.4 Å². The Kier molecular flexibility index (Phi) is 8.33. The van der Waals surface area contributed by atoms with Crippen LogP contribution in [0.3, 0.4) is 0 Å². The minimum absolute atomic E-state index is 0.0173. The molecule has 160 valence electrons. The van der Waals surface area contributed by atoms with Gasteiger partial charge in [0.15, 0.2) is 5.82 Å². The molecule has 7 nitrogen and oxygen atoms in total. The topological polar surface area (TPSA) is 87.2 Å². The van der Waals surface area contributed by atoms with Crippen molar-refractivity contribution in [2.45, 2.75) is 31.2 Å². The summed E-state index contributed by atoms with van der Waals surface area (Å²) in [6, 6.07) is 10.8. The van der Waals surface area contributed by atoms with Crippen LogP contribution in [0.15, 0.2) is 41.4 Å². The monoisotopic (exact) mass is 447 g/mol. The number of carbonyl (C=O) groups excluding carboxylic acids is 2. The zero-order valence-corrected chi connectivity index (χ0v) is 18.5. The third kappa shape index (κ3) is 6.60. The number of carbonyl (C=O) groups is 2. The van der Waals surface area contributed by atoms with Gasteiger partial charge in [-0.15, -0.1) is 10.2 Å². The van der Waals surface area contributed by atoms with Gasteiger partial charge in [-0.05, 0) is 49.6 Å². The highest BCUT2D eigenvalue weighted by molar-refractivity contribution is 7.99. The van der Waals surface area contributed by atoms with Crippen LogP contribution in [0.4, 0.5) is 11.5 Å². The molecule has 0 spiro atoms. The summed E-state index contributed by atoms with van der Waals surface area (Å²) in [5, 5.41) is 15.6. The fourth-order valence-corrected chi connectivity index (χ4v) is 4.06. The largest absolute Gasteiger partial charge is 0.356 e. The maximum atomic E-state index is 12.3. The Labute approximate surface area is 186 Å². The van der Waals surface area contributed by atoms with Crippen LogP contribution in [0.5, 0.6) is 0 Å². The second kappa shape index (κ2) is 11.2. The first-order valence-electron chi connectivity index (χ1n) is 10.1. The maximum Gasteiger partial charge on any atom is 0.234 e. The Morgan fingerprint density at radius 2 is 2.13 bits per heavy atom.